The van der Waals surface area contributed by atoms with Gasteiger partial charge in [-0.1, -0.05) is 6.92 Å². The van der Waals surface area contributed by atoms with Crippen molar-refractivity contribution in [2.45, 2.75) is 19.4 Å². The number of aromatic amines is 1. The molecule has 1 N–H and O–H groups in total. The Morgan fingerprint density at radius 2 is 2.57 bits per heavy atom. The highest BCUT2D eigenvalue weighted by atomic mass is 16.2. The molecule has 0 unspecified atom stereocenters. The highest BCUT2D eigenvalue weighted by Gasteiger charge is 2.33. The summed E-state index contributed by atoms with van der Waals surface area (Å²) in [6.45, 7) is 1.71. The number of piperidine rings is 1. The van der Waals surface area contributed by atoms with Crippen LogP contribution in [0.4, 0.5) is 5.82 Å². The number of amides is 1. The molecule has 1 amide bonds. The Balaban J connectivity index is 2.25. The van der Waals surface area contributed by atoms with E-state index in [-0.39, 0.29) is 16.4 Å². The van der Waals surface area contributed by atoms with Gasteiger partial charge in [-0.25, -0.2) is 16.5 Å². The predicted molar refractivity (Wildman–Crippen MR) is 87.9 cm³/mol. The van der Waals surface area contributed by atoms with Crippen LogP contribution in [0, 0.1) is 12.5 Å². The third-order valence-electron chi connectivity index (χ3n) is 3.52. The molecule has 3 rings (SSSR count). The van der Waals surface area contributed by atoms with Crippen molar-refractivity contribution in [2.24, 2.45) is 5.89 Å². The van der Waals surface area contributed by atoms with E-state index in [1.54, 1.807) is 6.07 Å². The molecule has 1 aliphatic heterocycles. The molecular formula is C16H20N6O. The standard InChI is InChI=1S/C16H20N6O/c1-11-5-7-22(14(23)8-17-2)9-13(11)21(3)16-12-4-6-18-15(12)19-10-20-16/h4,6,10-11,13H,5,7-9H2,1,3H3,(H,18,19,20)/t11-,13+/m1/s1/i7D2,9D2,10D,11D,13D. The van der Waals surface area contributed by atoms with Gasteiger partial charge in [0.1, 0.15) is 19.1 Å². The fraction of sp³-hybridized carbons (Fsp3) is 0.500. The number of anilines is 1. The zero-order chi connectivity index (χ0) is 22.7. The van der Waals surface area contributed by atoms with E-state index in [2.05, 4.69) is 19.8 Å². The number of hydrogen-bond acceptors (Lipinski definition) is 4. The molecule has 0 radical (unpaired) electrons. The monoisotopic (exact) mass is 319 g/mol. The van der Waals surface area contributed by atoms with Gasteiger partial charge >= 0.3 is 5.91 Å². The van der Waals surface area contributed by atoms with Crippen LogP contribution in [-0.2, 0) is 4.79 Å². The summed E-state index contributed by atoms with van der Waals surface area (Å²) in [6.07, 6.45) is 0.466. The minimum Gasteiger partial charge on any atom is -0.354 e. The number of rotatable bonds is 3. The molecule has 2 aromatic heterocycles. The maximum Gasteiger partial charge on any atom is 0.302 e. The molecule has 23 heavy (non-hydrogen) atoms. The first-order chi connectivity index (χ1) is 13.7. The van der Waals surface area contributed by atoms with E-state index < -0.39 is 50.1 Å². The van der Waals surface area contributed by atoms with Crippen LogP contribution in [0.1, 0.15) is 22.9 Å². The highest BCUT2D eigenvalue weighted by molar-refractivity contribution is 5.87. The Morgan fingerprint density at radius 3 is 3.35 bits per heavy atom. The Morgan fingerprint density at radius 1 is 1.74 bits per heavy atom. The molecule has 7 heteroatoms. The Labute approximate surface area is 145 Å². The minimum absolute atomic E-state index is 0.0105. The van der Waals surface area contributed by atoms with Crippen LogP contribution in [0.3, 0.4) is 0 Å². The van der Waals surface area contributed by atoms with Gasteiger partial charge in [0.15, 0.2) is 0 Å². The summed E-state index contributed by atoms with van der Waals surface area (Å²) in [7, 11) is 1.31. The first kappa shape index (κ1) is 8.87. The number of likely N-dealkylation sites (N-methyl/N-ethyl adjacent to an activating group) is 1. The van der Waals surface area contributed by atoms with E-state index in [1.807, 2.05) is 0 Å². The summed E-state index contributed by atoms with van der Waals surface area (Å²) >= 11 is 0. The summed E-state index contributed by atoms with van der Waals surface area (Å²) in [6, 6.07) is -0.973. The molecule has 0 aromatic carbocycles. The number of nitrogens with zero attached hydrogens (tertiary/aromatic N) is 5. The van der Waals surface area contributed by atoms with Gasteiger partial charge in [0.2, 0.25) is 0 Å². The zero-order valence-corrected chi connectivity index (χ0v) is 12.7. The molecule has 1 aliphatic rings. The van der Waals surface area contributed by atoms with Crippen LogP contribution in [0.5, 0.6) is 0 Å². The first-order valence-corrected chi connectivity index (χ1v) is 6.92. The van der Waals surface area contributed by atoms with E-state index >= 15 is 0 Å². The minimum atomic E-state index is -3.03. The molecule has 0 aliphatic carbocycles. The van der Waals surface area contributed by atoms with E-state index in [1.165, 1.54) is 20.2 Å². The first-order valence-electron chi connectivity index (χ1n) is 10.4. The second kappa shape index (κ2) is 6.24. The highest BCUT2D eigenvalue weighted by Crippen LogP contribution is 2.28. The number of aromatic nitrogens is 3. The Kier molecular flexibility index (Phi) is 2.41. The van der Waals surface area contributed by atoms with Crippen LogP contribution in [0.15, 0.2) is 18.6 Å². The molecule has 0 spiro atoms. The van der Waals surface area contributed by atoms with Crippen LogP contribution in [0.2, 0.25) is 0 Å². The molecular weight excluding hydrogens is 292 g/mol. The van der Waals surface area contributed by atoms with E-state index in [4.69, 9.17) is 16.2 Å². The third kappa shape index (κ3) is 2.84. The molecule has 2 atom stereocenters. The molecule has 0 saturated carbocycles. The normalized spacial score (nSPS) is 36.4. The van der Waals surface area contributed by atoms with Crippen LogP contribution >= 0.6 is 0 Å². The molecule has 1 fully saturated rings. The SMILES string of the molecule is [2H]c1nc(N(C)[C@@]2([2H])C([2H])([2H])N(C(=O)C[N+]#[C-])C([2H])([2H])C[C@@]2([2H])C)c2cc[nH]c2n1. The van der Waals surface area contributed by atoms with Gasteiger partial charge in [-0.2, -0.15) is 0 Å². The summed E-state index contributed by atoms with van der Waals surface area (Å²) < 4.78 is 59.4. The smallest absolute Gasteiger partial charge is 0.302 e. The third-order valence-corrected chi connectivity index (χ3v) is 3.52. The number of nitrogens with one attached hydrogen (secondary N) is 1. The number of hydrogen-bond donors (Lipinski definition) is 1. The summed E-state index contributed by atoms with van der Waals surface area (Å²) in [4.78, 5) is 27.5. The Bertz CT molecular complexity index is 1050. The maximum atomic E-state index is 12.5. The van der Waals surface area contributed by atoms with Crippen molar-refractivity contribution in [3.05, 3.63) is 30.0 Å². The van der Waals surface area contributed by atoms with Gasteiger partial charge in [0.25, 0.3) is 6.54 Å². The van der Waals surface area contributed by atoms with Gasteiger partial charge in [-0.05, 0) is 18.4 Å². The van der Waals surface area contributed by atoms with E-state index in [0.717, 1.165) is 4.90 Å². The van der Waals surface area contributed by atoms with Gasteiger partial charge in [-0.3, -0.25) is 4.79 Å². The molecule has 2 aromatic rings. The number of H-pyrrole nitrogens is 1. The van der Waals surface area contributed by atoms with Crippen molar-refractivity contribution in [3.63, 3.8) is 0 Å². The number of fused-ring (bicyclic) bond motifs is 1. The number of carbonyl (C=O) groups excluding carboxylic acids is 1. The number of carbonyl (C=O) groups is 1. The van der Waals surface area contributed by atoms with Crippen molar-refractivity contribution in [3.8, 4) is 0 Å². The van der Waals surface area contributed by atoms with Crippen molar-refractivity contribution < 1.29 is 14.4 Å². The average Bonchev–Trinajstić information content (AvgIpc) is 3.05. The lowest BCUT2D eigenvalue weighted by Crippen LogP contribution is -2.53. The second-order valence-electron chi connectivity index (χ2n) is 5.07. The lowest BCUT2D eigenvalue weighted by molar-refractivity contribution is -0.130. The van der Waals surface area contributed by atoms with Crippen molar-refractivity contribution in [1.82, 2.24) is 19.9 Å². The molecule has 7 nitrogen and oxygen atoms in total. The lowest BCUT2D eigenvalue weighted by Gasteiger charge is -2.41. The van der Waals surface area contributed by atoms with Crippen LogP contribution in [0.25, 0.3) is 15.9 Å². The van der Waals surface area contributed by atoms with Gasteiger partial charge < -0.3 is 19.6 Å². The Hall–Kier alpha value is -2.62. The van der Waals surface area contributed by atoms with E-state index in [9.17, 15) is 4.79 Å². The molecule has 120 valence electrons. The van der Waals surface area contributed by atoms with Crippen LogP contribution < -0.4 is 4.90 Å². The summed E-state index contributed by atoms with van der Waals surface area (Å²) in [5, 5.41) is 0.374. The molecule has 0 bridgehead atoms. The zero-order valence-electron chi connectivity index (χ0n) is 19.7. The second-order valence-corrected chi connectivity index (χ2v) is 5.07. The van der Waals surface area contributed by atoms with Gasteiger partial charge in [-0.15, -0.1) is 0 Å². The summed E-state index contributed by atoms with van der Waals surface area (Å²) in [5.41, 5.74) is 0.278. The lowest BCUT2D eigenvalue weighted by atomic mass is 9.92. The molecule has 1 saturated heterocycles. The average molecular weight is 319 g/mol. The maximum absolute atomic E-state index is 12.5. The largest absolute Gasteiger partial charge is 0.354 e. The van der Waals surface area contributed by atoms with Crippen molar-refractivity contribution in [1.29, 1.82) is 0 Å². The van der Waals surface area contributed by atoms with Crippen molar-refractivity contribution >= 4 is 22.8 Å². The van der Waals surface area contributed by atoms with Crippen molar-refractivity contribution in [2.75, 3.05) is 31.5 Å². The topological polar surface area (TPSA) is 69.5 Å². The molecule has 3 heterocycles. The predicted octanol–water partition coefficient (Wildman–Crippen LogP) is 1.55. The quantitative estimate of drug-likeness (QED) is 0.872. The van der Waals surface area contributed by atoms with Gasteiger partial charge in [0, 0.05) is 30.4 Å². The van der Waals surface area contributed by atoms with Gasteiger partial charge in [0.05, 0.1) is 15.5 Å². The summed E-state index contributed by atoms with van der Waals surface area (Å²) in [5.74, 6) is -3.18. The van der Waals surface area contributed by atoms with E-state index in [0.29, 0.717) is 5.39 Å². The fourth-order valence-electron chi connectivity index (χ4n) is 2.35. The number of likely N-dealkylation sites (tertiary alicyclic amines) is 1. The fourth-order valence-corrected chi connectivity index (χ4v) is 2.35. The van der Waals surface area contributed by atoms with Crippen LogP contribution in [-0.4, -0.2) is 58.4 Å².